The Labute approximate surface area is 120 Å². The molecule has 0 aliphatic carbocycles. The maximum absolute atomic E-state index is 12.5. The highest BCUT2D eigenvalue weighted by Crippen LogP contribution is 2.24. The normalized spacial score (nSPS) is 20.0. The van der Waals surface area contributed by atoms with Gasteiger partial charge < -0.3 is 10.2 Å². The van der Waals surface area contributed by atoms with Crippen LogP contribution in [-0.4, -0.2) is 29.3 Å². The molecule has 1 fully saturated rings. The van der Waals surface area contributed by atoms with E-state index in [0.29, 0.717) is 6.54 Å². The van der Waals surface area contributed by atoms with Crippen molar-refractivity contribution in [1.29, 1.82) is 0 Å². The lowest BCUT2D eigenvalue weighted by molar-refractivity contribution is -0.147. The van der Waals surface area contributed by atoms with Gasteiger partial charge in [0.25, 0.3) is 0 Å². The lowest BCUT2D eigenvalue weighted by Gasteiger charge is -2.39. The van der Waals surface area contributed by atoms with Gasteiger partial charge in [0.15, 0.2) is 0 Å². The van der Waals surface area contributed by atoms with E-state index in [1.807, 2.05) is 52.0 Å². The first-order chi connectivity index (χ1) is 9.29. The maximum atomic E-state index is 12.5. The van der Waals surface area contributed by atoms with Crippen LogP contribution in [0.3, 0.4) is 0 Å². The lowest BCUT2D eigenvalue weighted by Crippen LogP contribution is -2.61. The molecule has 1 heterocycles. The van der Waals surface area contributed by atoms with E-state index in [1.54, 1.807) is 4.90 Å². The predicted molar refractivity (Wildman–Crippen MR) is 78.0 cm³/mol. The summed E-state index contributed by atoms with van der Waals surface area (Å²) < 4.78 is 0. The van der Waals surface area contributed by atoms with Crippen LogP contribution in [0.25, 0.3) is 0 Å². The average Bonchev–Trinajstić information content (AvgIpc) is 2.34. The molecule has 1 aliphatic heterocycles. The topological polar surface area (TPSA) is 49.4 Å². The quantitative estimate of drug-likeness (QED) is 0.895. The Kier molecular flexibility index (Phi) is 3.84. The van der Waals surface area contributed by atoms with Gasteiger partial charge in [-0.15, -0.1) is 0 Å². The molecule has 2 rings (SSSR count). The summed E-state index contributed by atoms with van der Waals surface area (Å²) in [6, 6.07) is 7.50. The van der Waals surface area contributed by atoms with Crippen LogP contribution in [0.1, 0.15) is 31.9 Å². The molecule has 20 heavy (non-hydrogen) atoms. The molecule has 0 saturated carbocycles. The molecule has 0 aromatic heterocycles. The van der Waals surface area contributed by atoms with Gasteiger partial charge in [0.1, 0.15) is 6.04 Å². The molecule has 1 saturated heterocycles. The summed E-state index contributed by atoms with van der Waals surface area (Å²) in [6.07, 6.45) is 0. The maximum Gasteiger partial charge on any atom is 0.246 e. The van der Waals surface area contributed by atoms with Gasteiger partial charge in [0.05, 0.1) is 6.54 Å². The minimum absolute atomic E-state index is 0.000327. The highest BCUT2D eigenvalue weighted by Gasteiger charge is 2.39. The van der Waals surface area contributed by atoms with E-state index in [4.69, 9.17) is 0 Å². The summed E-state index contributed by atoms with van der Waals surface area (Å²) in [5, 5.41) is 2.81. The Balaban J connectivity index is 2.21. The molecule has 0 bridgehead atoms. The van der Waals surface area contributed by atoms with Crippen molar-refractivity contribution < 1.29 is 9.59 Å². The van der Waals surface area contributed by atoms with E-state index in [0.717, 1.165) is 11.1 Å². The van der Waals surface area contributed by atoms with Crippen molar-refractivity contribution in [2.45, 2.75) is 40.3 Å². The fourth-order valence-corrected chi connectivity index (χ4v) is 2.42. The van der Waals surface area contributed by atoms with Crippen LogP contribution < -0.4 is 5.32 Å². The van der Waals surface area contributed by atoms with Crippen molar-refractivity contribution in [2.75, 3.05) is 6.54 Å². The molecular weight excluding hydrogens is 252 g/mol. The highest BCUT2D eigenvalue weighted by atomic mass is 16.2. The van der Waals surface area contributed by atoms with Crippen LogP contribution in [0, 0.1) is 12.3 Å². The van der Waals surface area contributed by atoms with Gasteiger partial charge in [-0.05, 0) is 23.5 Å². The number of amides is 2. The Morgan fingerprint density at radius 1 is 1.25 bits per heavy atom. The van der Waals surface area contributed by atoms with Crippen molar-refractivity contribution in [3.8, 4) is 0 Å². The zero-order chi connectivity index (χ0) is 14.9. The van der Waals surface area contributed by atoms with Gasteiger partial charge in [-0.25, -0.2) is 0 Å². The number of carbonyl (C=O) groups excluding carboxylic acids is 2. The van der Waals surface area contributed by atoms with Gasteiger partial charge in [0.2, 0.25) is 11.8 Å². The molecule has 0 spiro atoms. The van der Waals surface area contributed by atoms with Gasteiger partial charge in [-0.1, -0.05) is 45.0 Å². The van der Waals surface area contributed by atoms with E-state index in [-0.39, 0.29) is 23.8 Å². The van der Waals surface area contributed by atoms with E-state index < -0.39 is 6.04 Å². The number of aryl methyl sites for hydroxylation is 1. The molecular formula is C16H22N2O2. The van der Waals surface area contributed by atoms with Crippen molar-refractivity contribution >= 4 is 11.8 Å². The molecule has 1 unspecified atom stereocenters. The molecule has 1 aromatic rings. The average molecular weight is 274 g/mol. The molecule has 1 aliphatic rings. The number of piperazine rings is 1. The molecule has 0 radical (unpaired) electrons. The number of hydrogen-bond acceptors (Lipinski definition) is 2. The van der Waals surface area contributed by atoms with Crippen molar-refractivity contribution in [1.82, 2.24) is 10.2 Å². The van der Waals surface area contributed by atoms with Crippen LogP contribution in [0.4, 0.5) is 0 Å². The van der Waals surface area contributed by atoms with Crippen molar-refractivity contribution in [2.24, 2.45) is 5.41 Å². The first-order valence-electron chi connectivity index (χ1n) is 6.91. The Hall–Kier alpha value is -1.84. The van der Waals surface area contributed by atoms with Crippen LogP contribution in [0.15, 0.2) is 24.3 Å². The molecule has 108 valence electrons. The van der Waals surface area contributed by atoms with Crippen molar-refractivity contribution in [3.05, 3.63) is 35.4 Å². The third-order valence-corrected chi connectivity index (χ3v) is 3.69. The zero-order valence-corrected chi connectivity index (χ0v) is 12.6. The number of benzene rings is 1. The number of hydrogen-bond donors (Lipinski definition) is 1. The van der Waals surface area contributed by atoms with Crippen LogP contribution in [-0.2, 0) is 16.1 Å². The summed E-state index contributed by atoms with van der Waals surface area (Å²) in [5.74, 6) is -0.0848. The lowest BCUT2D eigenvalue weighted by atomic mass is 9.84. The van der Waals surface area contributed by atoms with Gasteiger partial charge in [0, 0.05) is 6.54 Å². The van der Waals surface area contributed by atoms with Crippen molar-refractivity contribution in [3.63, 3.8) is 0 Å². The molecule has 1 aromatic carbocycles. The molecule has 1 N–H and O–H groups in total. The Morgan fingerprint density at radius 2 is 1.90 bits per heavy atom. The predicted octanol–water partition coefficient (Wildman–Crippen LogP) is 1.87. The number of rotatable bonds is 2. The minimum Gasteiger partial charge on any atom is -0.342 e. The van der Waals surface area contributed by atoms with Crippen LogP contribution >= 0.6 is 0 Å². The first kappa shape index (κ1) is 14.6. The van der Waals surface area contributed by atoms with Crippen LogP contribution in [0.5, 0.6) is 0 Å². The van der Waals surface area contributed by atoms with E-state index in [9.17, 15) is 9.59 Å². The summed E-state index contributed by atoms with van der Waals surface area (Å²) in [4.78, 5) is 26.0. The van der Waals surface area contributed by atoms with Crippen LogP contribution in [0.2, 0.25) is 0 Å². The SMILES string of the molecule is Cc1ccccc1CN1CC(=O)NC(C(C)(C)C)C1=O. The highest BCUT2D eigenvalue weighted by molar-refractivity contribution is 5.95. The third kappa shape index (κ3) is 3.00. The molecule has 4 nitrogen and oxygen atoms in total. The second-order valence-corrected chi connectivity index (χ2v) is 6.49. The summed E-state index contributed by atoms with van der Waals surface area (Å²) in [7, 11) is 0. The second kappa shape index (κ2) is 5.27. The zero-order valence-electron chi connectivity index (χ0n) is 12.6. The smallest absolute Gasteiger partial charge is 0.246 e. The Morgan fingerprint density at radius 3 is 2.50 bits per heavy atom. The summed E-state index contributed by atoms with van der Waals surface area (Å²) in [5.41, 5.74) is 1.94. The Bertz CT molecular complexity index is 532. The minimum atomic E-state index is -0.451. The molecule has 1 atom stereocenters. The second-order valence-electron chi connectivity index (χ2n) is 6.49. The molecule has 2 amide bonds. The van der Waals surface area contributed by atoms with E-state index in [2.05, 4.69) is 5.32 Å². The number of nitrogens with zero attached hydrogens (tertiary/aromatic N) is 1. The summed E-state index contributed by atoms with van der Waals surface area (Å²) >= 11 is 0. The van der Waals surface area contributed by atoms with Gasteiger partial charge >= 0.3 is 0 Å². The first-order valence-corrected chi connectivity index (χ1v) is 6.91. The van der Waals surface area contributed by atoms with E-state index in [1.165, 1.54) is 0 Å². The fraction of sp³-hybridized carbons (Fsp3) is 0.500. The number of nitrogens with one attached hydrogen (secondary N) is 1. The van der Waals surface area contributed by atoms with E-state index >= 15 is 0 Å². The van der Waals surface area contributed by atoms with Gasteiger partial charge in [-0.3, -0.25) is 9.59 Å². The standard InChI is InChI=1S/C16H22N2O2/c1-11-7-5-6-8-12(11)9-18-10-13(19)17-14(15(18)20)16(2,3)4/h5-8,14H,9-10H2,1-4H3,(H,17,19). The monoisotopic (exact) mass is 274 g/mol. The summed E-state index contributed by atoms with van der Waals surface area (Å²) in [6.45, 7) is 8.55. The largest absolute Gasteiger partial charge is 0.342 e. The number of carbonyl (C=O) groups is 2. The van der Waals surface area contributed by atoms with Gasteiger partial charge in [-0.2, -0.15) is 0 Å². The fourth-order valence-electron chi connectivity index (χ4n) is 2.42. The third-order valence-electron chi connectivity index (χ3n) is 3.69. The molecule has 4 heteroatoms.